The van der Waals surface area contributed by atoms with Gasteiger partial charge in [0.1, 0.15) is 6.61 Å². The van der Waals surface area contributed by atoms with Crippen LogP contribution in [0.25, 0.3) is 0 Å². The van der Waals surface area contributed by atoms with Crippen molar-refractivity contribution in [1.29, 1.82) is 0 Å². The highest BCUT2D eigenvalue weighted by atomic mass is 16.5. The molecule has 0 N–H and O–H groups in total. The van der Waals surface area contributed by atoms with Gasteiger partial charge >= 0.3 is 5.97 Å². The lowest BCUT2D eigenvalue weighted by molar-refractivity contribution is 0.0466. The van der Waals surface area contributed by atoms with Gasteiger partial charge in [-0.15, -0.1) is 0 Å². The van der Waals surface area contributed by atoms with E-state index in [0.29, 0.717) is 12.2 Å². The molecule has 20 heavy (non-hydrogen) atoms. The maximum atomic E-state index is 12.0. The summed E-state index contributed by atoms with van der Waals surface area (Å²) in [6.07, 6.45) is 0. The summed E-state index contributed by atoms with van der Waals surface area (Å²) in [5.74, 6) is -0.245. The van der Waals surface area contributed by atoms with Gasteiger partial charge in [0.15, 0.2) is 0 Å². The van der Waals surface area contributed by atoms with Gasteiger partial charge in [0, 0.05) is 26.3 Å². The largest absolute Gasteiger partial charge is 0.461 e. The molecule has 112 valence electrons. The molecule has 0 heterocycles. The average Bonchev–Trinajstić information content (AvgIpc) is 2.42. The molecule has 0 fully saturated rings. The van der Waals surface area contributed by atoms with Crippen molar-refractivity contribution in [3.63, 3.8) is 0 Å². The first kappa shape index (κ1) is 16.5. The predicted molar refractivity (Wildman–Crippen MR) is 83.6 cm³/mol. The van der Waals surface area contributed by atoms with Crippen molar-refractivity contribution in [2.24, 2.45) is 0 Å². The van der Waals surface area contributed by atoms with Gasteiger partial charge < -0.3 is 14.5 Å². The minimum atomic E-state index is -0.245. The van der Waals surface area contributed by atoms with E-state index < -0.39 is 0 Å². The monoisotopic (exact) mass is 278 g/mol. The number of benzene rings is 1. The quantitative estimate of drug-likeness (QED) is 0.718. The van der Waals surface area contributed by atoms with Gasteiger partial charge in [0.25, 0.3) is 0 Å². The van der Waals surface area contributed by atoms with Crippen LogP contribution in [0, 0.1) is 6.92 Å². The Morgan fingerprint density at radius 2 is 1.85 bits per heavy atom. The van der Waals surface area contributed by atoms with Crippen molar-refractivity contribution in [1.82, 2.24) is 4.90 Å². The van der Waals surface area contributed by atoms with Crippen molar-refractivity contribution >= 4 is 11.7 Å². The Balaban J connectivity index is 2.58. The topological polar surface area (TPSA) is 32.8 Å². The van der Waals surface area contributed by atoms with E-state index in [9.17, 15) is 4.79 Å². The molecule has 0 saturated carbocycles. The molecule has 0 spiro atoms. The number of aryl methyl sites for hydroxylation is 1. The molecule has 1 aromatic carbocycles. The molecule has 1 rings (SSSR count). The summed E-state index contributed by atoms with van der Waals surface area (Å²) in [5, 5.41) is 0. The summed E-state index contributed by atoms with van der Waals surface area (Å²) in [7, 11) is 3.98. The normalized spacial score (nSPS) is 10.7. The van der Waals surface area contributed by atoms with Crippen LogP contribution in [0.4, 0.5) is 5.69 Å². The van der Waals surface area contributed by atoms with Crippen molar-refractivity contribution in [2.45, 2.75) is 20.8 Å². The Morgan fingerprint density at radius 1 is 1.20 bits per heavy atom. The van der Waals surface area contributed by atoms with E-state index >= 15 is 0 Å². The lowest BCUT2D eigenvalue weighted by Gasteiger charge is -2.18. The van der Waals surface area contributed by atoms with Gasteiger partial charge in [-0.25, -0.2) is 4.79 Å². The molecule has 0 aliphatic carbocycles. The second kappa shape index (κ2) is 7.90. The van der Waals surface area contributed by atoms with E-state index in [1.807, 2.05) is 44.1 Å². The summed E-state index contributed by atoms with van der Waals surface area (Å²) in [4.78, 5) is 16.2. The van der Waals surface area contributed by atoms with Crippen molar-refractivity contribution < 1.29 is 9.53 Å². The fourth-order valence-electron chi connectivity index (χ4n) is 2.17. The smallest absolute Gasteiger partial charge is 0.338 e. The van der Waals surface area contributed by atoms with Crippen molar-refractivity contribution in [2.75, 3.05) is 45.2 Å². The first-order valence-corrected chi connectivity index (χ1v) is 7.17. The highest BCUT2D eigenvalue weighted by Crippen LogP contribution is 2.19. The first-order chi connectivity index (χ1) is 9.49. The van der Waals surface area contributed by atoms with Gasteiger partial charge in [-0.2, -0.15) is 0 Å². The van der Waals surface area contributed by atoms with Crippen LogP contribution < -0.4 is 4.90 Å². The zero-order valence-corrected chi connectivity index (χ0v) is 13.3. The summed E-state index contributed by atoms with van der Waals surface area (Å²) in [6.45, 7) is 9.39. The third kappa shape index (κ3) is 4.53. The highest BCUT2D eigenvalue weighted by molar-refractivity contribution is 5.90. The summed E-state index contributed by atoms with van der Waals surface area (Å²) in [6, 6.07) is 5.66. The van der Waals surface area contributed by atoms with E-state index in [4.69, 9.17) is 4.74 Å². The lowest BCUT2D eigenvalue weighted by atomic mass is 10.1. The Labute approximate surface area is 122 Å². The lowest BCUT2D eigenvalue weighted by Crippen LogP contribution is -2.27. The van der Waals surface area contributed by atoms with Crippen LogP contribution in [-0.4, -0.2) is 51.2 Å². The maximum absolute atomic E-state index is 12.0. The number of ether oxygens (including phenoxy) is 1. The number of esters is 1. The number of hydrogen-bond donors (Lipinski definition) is 0. The number of rotatable bonds is 7. The van der Waals surface area contributed by atoms with Crippen molar-refractivity contribution in [3.05, 3.63) is 29.3 Å². The molecular formula is C16H26N2O2. The second-order valence-corrected chi connectivity index (χ2v) is 5.06. The molecule has 0 unspecified atom stereocenters. The Hall–Kier alpha value is -1.55. The van der Waals surface area contributed by atoms with Crippen LogP contribution in [0.15, 0.2) is 18.2 Å². The van der Waals surface area contributed by atoms with Crippen LogP contribution in [-0.2, 0) is 4.74 Å². The molecule has 0 saturated heterocycles. The molecular weight excluding hydrogens is 252 g/mol. The van der Waals surface area contributed by atoms with E-state index in [-0.39, 0.29) is 5.97 Å². The molecule has 0 atom stereocenters. The summed E-state index contributed by atoms with van der Waals surface area (Å²) >= 11 is 0. The summed E-state index contributed by atoms with van der Waals surface area (Å²) in [5.41, 5.74) is 2.81. The fraction of sp³-hybridized carbons (Fsp3) is 0.562. The molecule has 0 bridgehead atoms. The van der Waals surface area contributed by atoms with Crippen LogP contribution in [0.1, 0.15) is 29.8 Å². The number of nitrogens with zero attached hydrogens (tertiary/aromatic N) is 2. The fourth-order valence-corrected chi connectivity index (χ4v) is 2.17. The molecule has 0 aliphatic heterocycles. The van der Waals surface area contributed by atoms with E-state index in [0.717, 1.165) is 30.9 Å². The second-order valence-electron chi connectivity index (χ2n) is 5.06. The van der Waals surface area contributed by atoms with Gasteiger partial charge in [0.2, 0.25) is 0 Å². The zero-order valence-electron chi connectivity index (χ0n) is 13.3. The van der Waals surface area contributed by atoms with E-state index in [1.165, 1.54) is 0 Å². The average molecular weight is 278 g/mol. The molecule has 0 radical (unpaired) electrons. The van der Waals surface area contributed by atoms with Gasteiger partial charge in [-0.3, -0.25) is 0 Å². The van der Waals surface area contributed by atoms with Gasteiger partial charge in [-0.05, 0) is 43.8 Å². The van der Waals surface area contributed by atoms with Gasteiger partial charge in [0.05, 0.1) is 5.56 Å². The Kier molecular flexibility index (Phi) is 6.52. The van der Waals surface area contributed by atoms with Crippen LogP contribution >= 0.6 is 0 Å². The predicted octanol–water partition coefficient (Wildman–Crippen LogP) is 2.56. The molecule has 0 amide bonds. The number of carbonyl (C=O) groups excluding carboxylic acids is 1. The van der Waals surface area contributed by atoms with Crippen LogP contribution in [0.5, 0.6) is 0 Å². The van der Waals surface area contributed by atoms with E-state index in [2.05, 4.69) is 18.7 Å². The SMILES string of the molecule is CCN(CC)CCOC(=O)c1ccc(N(C)C)c(C)c1. The molecule has 0 aliphatic rings. The Morgan fingerprint density at radius 3 is 2.35 bits per heavy atom. The molecule has 1 aromatic rings. The zero-order chi connectivity index (χ0) is 15.1. The molecule has 4 heteroatoms. The summed E-state index contributed by atoms with van der Waals surface area (Å²) < 4.78 is 5.32. The standard InChI is InChI=1S/C16H26N2O2/c1-6-18(7-2)10-11-20-16(19)14-8-9-15(17(4)5)13(3)12-14/h8-9,12H,6-7,10-11H2,1-5H3. The van der Waals surface area contributed by atoms with E-state index in [1.54, 1.807) is 0 Å². The Bertz CT molecular complexity index is 440. The number of hydrogen-bond acceptors (Lipinski definition) is 4. The third-order valence-corrected chi connectivity index (χ3v) is 3.45. The number of likely N-dealkylation sites (N-methyl/N-ethyl adjacent to an activating group) is 1. The minimum absolute atomic E-state index is 0.245. The van der Waals surface area contributed by atoms with Crippen LogP contribution in [0.2, 0.25) is 0 Å². The molecule has 0 aromatic heterocycles. The minimum Gasteiger partial charge on any atom is -0.461 e. The number of anilines is 1. The molecule has 4 nitrogen and oxygen atoms in total. The van der Waals surface area contributed by atoms with Gasteiger partial charge in [-0.1, -0.05) is 13.8 Å². The number of carbonyl (C=O) groups is 1. The van der Waals surface area contributed by atoms with Crippen LogP contribution in [0.3, 0.4) is 0 Å². The third-order valence-electron chi connectivity index (χ3n) is 3.45. The first-order valence-electron chi connectivity index (χ1n) is 7.17. The van der Waals surface area contributed by atoms with Crippen molar-refractivity contribution in [3.8, 4) is 0 Å². The highest BCUT2D eigenvalue weighted by Gasteiger charge is 2.10. The maximum Gasteiger partial charge on any atom is 0.338 e.